The van der Waals surface area contributed by atoms with Gasteiger partial charge < -0.3 is 10.4 Å². The summed E-state index contributed by atoms with van der Waals surface area (Å²) in [5.74, 6) is -0.171. The van der Waals surface area contributed by atoms with Crippen LogP contribution < -0.4 is 5.32 Å². The third-order valence-electron chi connectivity index (χ3n) is 1.42. The lowest BCUT2D eigenvalue weighted by Gasteiger charge is -2.27. The average molecular weight is 115 g/mol. The third kappa shape index (κ3) is 0.690. The number of hydrogen-bond acceptors (Lipinski definition) is 2. The number of nitrogens with one attached hydrogen (secondary N) is 1. The Hall–Kier alpha value is -0.570. The van der Waals surface area contributed by atoms with E-state index in [1.807, 2.05) is 0 Å². The fraction of sp³-hybridized carbons (Fsp3) is 0.800. The molecule has 0 aromatic carbocycles. The van der Waals surface area contributed by atoms with Gasteiger partial charge in [0, 0.05) is 6.54 Å². The zero-order valence-corrected chi connectivity index (χ0v) is 4.72. The van der Waals surface area contributed by atoms with E-state index in [9.17, 15) is 4.79 Å². The maximum absolute atomic E-state index is 10.4. The highest BCUT2D eigenvalue weighted by Crippen LogP contribution is 2.09. The SMILES string of the molecule is C[C@H](O)C1CNC1=O. The lowest BCUT2D eigenvalue weighted by atomic mass is 9.97. The van der Waals surface area contributed by atoms with Crippen molar-refractivity contribution in [2.24, 2.45) is 5.92 Å². The molecule has 1 unspecified atom stereocenters. The van der Waals surface area contributed by atoms with E-state index in [1.165, 1.54) is 0 Å². The molecule has 1 heterocycles. The van der Waals surface area contributed by atoms with Crippen LogP contribution in [0.3, 0.4) is 0 Å². The summed E-state index contributed by atoms with van der Waals surface area (Å²) >= 11 is 0. The molecule has 0 aromatic heterocycles. The molecule has 0 aromatic rings. The molecule has 8 heavy (non-hydrogen) atoms. The quantitative estimate of drug-likeness (QED) is 0.436. The summed E-state index contributed by atoms with van der Waals surface area (Å²) in [5.41, 5.74) is 0. The number of β-lactam (4-membered cyclic amide) rings is 1. The van der Waals surface area contributed by atoms with Crippen LogP contribution in [0.25, 0.3) is 0 Å². The smallest absolute Gasteiger partial charge is 0.227 e. The zero-order chi connectivity index (χ0) is 6.15. The Kier molecular flexibility index (Phi) is 1.21. The predicted molar refractivity (Wildman–Crippen MR) is 28.2 cm³/mol. The van der Waals surface area contributed by atoms with Gasteiger partial charge in [0.25, 0.3) is 0 Å². The van der Waals surface area contributed by atoms with Crippen LogP contribution in [-0.2, 0) is 4.79 Å². The van der Waals surface area contributed by atoms with E-state index >= 15 is 0 Å². The number of aliphatic hydroxyl groups is 1. The molecule has 1 saturated heterocycles. The van der Waals surface area contributed by atoms with Gasteiger partial charge in [0.1, 0.15) is 0 Å². The monoisotopic (exact) mass is 115 g/mol. The standard InChI is InChI=1S/C5H9NO2/c1-3(7)4-2-6-5(4)8/h3-4,7H,2H2,1H3,(H,6,8)/t3-,4?/m0/s1. The Morgan fingerprint density at radius 2 is 2.62 bits per heavy atom. The van der Waals surface area contributed by atoms with Gasteiger partial charge in [-0.15, -0.1) is 0 Å². The lowest BCUT2D eigenvalue weighted by Crippen LogP contribution is -2.53. The molecule has 2 atom stereocenters. The third-order valence-corrected chi connectivity index (χ3v) is 1.42. The zero-order valence-electron chi connectivity index (χ0n) is 4.72. The van der Waals surface area contributed by atoms with Crippen LogP contribution in [0.4, 0.5) is 0 Å². The van der Waals surface area contributed by atoms with Gasteiger partial charge in [-0.1, -0.05) is 0 Å². The lowest BCUT2D eigenvalue weighted by molar-refractivity contribution is -0.135. The summed E-state index contributed by atoms with van der Waals surface area (Å²) in [6.07, 6.45) is -0.483. The van der Waals surface area contributed by atoms with Crippen molar-refractivity contribution in [3.63, 3.8) is 0 Å². The summed E-state index contributed by atoms with van der Waals surface area (Å²) in [5, 5.41) is 11.3. The van der Waals surface area contributed by atoms with Gasteiger partial charge in [-0.05, 0) is 6.92 Å². The number of hydrogen-bond donors (Lipinski definition) is 2. The highest BCUT2D eigenvalue weighted by atomic mass is 16.3. The normalized spacial score (nSPS) is 30.8. The average Bonchev–Trinajstić information content (AvgIpc) is 1.61. The summed E-state index contributed by atoms with van der Waals surface area (Å²) in [6.45, 7) is 2.26. The number of amides is 1. The molecule has 1 amide bonds. The first kappa shape index (κ1) is 5.56. The molecule has 1 aliphatic heterocycles. The summed E-state index contributed by atoms with van der Waals surface area (Å²) in [4.78, 5) is 10.4. The summed E-state index contributed by atoms with van der Waals surface area (Å²) in [6, 6.07) is 0. The molecule has 0 spiro atoms. The molecule has 2 N–H and O–H groups in total. The maximum Gasteiger partial charge on any atom is 0.227 e. The second-order valence-electron chi connectivity index (χ2n) is 2.09. The van der Waals surface area contributed by atoms with Crippen LogP contribution in [0.15, 0.2) is 0 Å². The van der Waals surface area contributed by atoms with E-state index in [4.69, 9.17) is 5.11 Å². The van der Waals surface area contributed by atoms with Crippen molar-refractivity contribution < 1.29 is 9.90 Å². The van der Waals surface area contributed by atoms with E-state index in [2.05, 4.69) is 5.32 Å². The maximum atomic E-state index is 10.4. The molecule has 1 fully saturated rings. The van der Waals surface area contributed by atoms with E-state index < -0.39 is 6.10 Å². The minimum absolute atomic E-state index is 0.0278. The van der Waals surface area contributed by atoms with Crippen LogP contribution in [0.1, 0.15) is 6.92 Å². The Morgan fingerprint density at radius 3 is 2.62 bits per heavy atom. The van der Waals surface area contributed by atoms with Crippen molar-refractivity contribution in [1.29, 1.82) is 0 Å². The molecule has 0 bridgehead atoms. The second-order valence-corrected chi connectivity index (χ2v) is 2.09. The Bertz CT molecular complexity index is 111. The molecule has 1 rings (SSSR count). The molecule has 3 heteroatoms. The second kappa shape index (κ2) is 1.74. The van der Waals surface area contributed by atoms with Crippen molar-refractivity contribution in [2.75, 3.05) is 6.54 Å². The highest BCUT2D eigenvalue weighted by Gasteiger charge is 2.31. The van der Waals surface area contributed by atoms with Crippen molar-refractivity contribution in [3.05, 3.63) is 0 Å². The van der Waals surface area contributed by atoms with Gasteiger partial charge in [-0.25, -0.2) is 0 Å². The predicted octanol–water partition coefficient (Wildman–Crippen LogP) is -0.887. The number of aliphatic hydroxyl groups excluding tert-OH is 1. The first-order chi connectivity index (χ1) is 3.72. The van der Waals surface area contributed by atoms with Crippen LogP contribution in [0, 0.1) is 5.92 Å². The molecule has 46 valence electrons. The van der Waals surface area contributed by atoms with Crippen molar-refractivity contribution in [3.8, 4) is 0 Å². The first-order valence-corrected chi connectivity index (χ1v) is 2.67. The molecule has 0 aliphatic carbocycles. The molecule has 3 nitrogen and oxygen atoms in total. The number of carbonyl (C=O) groups excluding carboxylic acids is 1. The van der Waals surface area contributed by atoms with E-state index in [0.717, 1.165) is 0 Å². The minimum Gasteiger partial charge on any atom is -0.393 e. The first-order valence-electron chi connectivity index (χ1n) is 2.67. The number of rotatable bonds is 1. The van der Waals surface area contributed by atoms with Gasteiger partial charge in [0.05, 0.1) is 12.0 Å². The fourth-order valence-electron chi connectivity index (χ4n) is 0.693. The Labute approximate surface area is 47.7 Å². The minimum atomic E-state index is -0.483. The highest BCUT2D eigenvalue weighted by molar-refractivity contribution is 5.84. The molecule has 1 aliphatic rings. The molecular formula is C5H9NO2. The molecular weight excluding hydrogens is 106 g/mol. The van der Waals surface area contributed by atoms with Gasteiger partial charge in [-0.2, -0.15) is 0 Å². The van der Waals surface area contributed by atoms with E-state index in [0.29, 0.717) is 6.54 Å². The van der Waals surface area contributed by atoms with E-state index in [-0.39, 0.29) is 11.8 Å². The summed E-state index contributed by atoms with van der Waals surface area (Å²) in [7, 11) is 0. The topological polar surface area (TPSA) is 49.3 Å². The van der Waals surface area contributed by atoms with Crippen molar-refractivity contribution in [2.45, 2.75) is 13.0 Å². The van der Waals surface area contributed by atoms with Gasteiger partial charge in [0.2, 0.25) is 5.91 Å². The fourth-order valence-corrected chi connectivity index (χ4v) is 0.693. The van der Waals surface area contributed by atoms with Gasteiger partial charge >= 0.3 is 0 Å². The van der Waals surface area contributed by atoms with Crippen LogP contribution in [0.5, 0.6) is 0 Å². The van der Waals surface area contributed by atoms with Gasteiger partial charge in [0.15, 0.2) is 0 Å². The van der Waals surface area contributed by atoms with Crippen molar-refractivity contribution >= 4 is 5.91 Å². The summed E-state index contributed by atoms with van der Waals surface area (Å²) < 4.78 is 0. The van der Waals surface area contributed by atoms with Crippen LogP contribution >= 0.6 is 0 Å². The van der Waals surface area contributed by atoms with Crippen molar-refractivity contribution in [1.82, 2.24) is 5.32 Å². The number of carbonyl (C=O) groups is 1. The Balaban J connectivity index is 2.37. The molecule has 0 radical (unpaired) electrons. The van der Waals surface area contributed by atoms with Gasteiger partial charge in [-0.3, -0.25) is 4.79 Å². The van der Waals surface area contributed by atoms with E-state index in [1.54, 1.807) is 6.92 Å². The van der Waals surface area contributed by atoms with Crippen LogP contribution in [-0.4, -0.2) is 23.7 Å². The largest absolute Gasteiger partial charge is 0.393 e. The molecule has 0 saturated carbocycles. The Morgan fingerprint density at radius 1 is 2.00 bits per heavy atom. The van der Waals surface area contributed by atoms with Crippen LogP contribution in [0.2, 0.25) is 0 Å².